The van der Waals surface area contributed by atoms with E-state index in [2.05, 4.69) is 42.0 Å². The minimum absolute atomic E-state index is 0.0449. The summed E-state index contributed by atoms with van der Waals surface area (Å²) < 4.78 is 0. The molecule has 0 spiro atoms. The van der Waals surface area contributed by atoms with Gasteiger partial charge in [-0.3, -0.25) is 4.98 Å². The standard InChI is InChI=1S/C10H17NP4/c1-7-2-3-8-4-5-11-6-9(8)10(7)15(13)14-12/h4-7,10,14H,2-3,12-13H2,1H3. The van der Waals surface area contributed by atoms with E-state index in [1.807, 2.05) is 6.20 Å². The van der Waals surface area contributed by atoms with Crippen LogP contribution in [0.4, 0.5) is 0 Å². The molecule has 1 nitrogen and oxygen atoms in total. The Morgan fingerprint density at radius 3 is 3.13 bits per heavy atom. The zero-order valence-electron chi connectivity index (χ0n) is 8.85. The van der Waals surface area contributed by atoms with Crippen molar-refractivity contribution < 1.29 is 0 Å². The molecule has 1 aromatic heterocycles. The van der Waals surface area contributed by atoms with E-state index in [4.69, 9.17) is 0 Å². The van der Waals surface area contributed by atoms with Gasteiger partial charge in [0.15, 0.2) is 0 Å². The first-order valence-corrected chi connectivity index (χ1v) is 11.8. The van der Waals surface area contributed by atoms with Crippen LogP contribution in [0.5, 0.6) is 0 Å². The second-order valence-electron chi connectivity index (χ2n) is 4.07. The lowest BCUT2D eigenvalue weighted by atomic mass is 9.86. The molecule has 6 unspecified atom stereocenters. The van der Waals surface area contributed by atoms with Crippen LogP contribution in [0.25, 0.3) is 0 Å². The Morgan fingerprint density at radius 2 is 2.40 bits per heavy atom. The molecular weight excluding hydrogens is 258 g/mol. The molecule has 1 aliphatic carbocycles. The molecule has 0 amide bonds. The molecule has 0 radical (unpaired) electrons. The quantitative estimate of drug-likeness (QED) is 0.731. The molecule has 0 aliphatic heterocycles. The third-order valence-corrected chi connectivity index (χ3v) is 14.2. The van der Waals surface area contributed by atoms with Crippen LogP contribution in [0.1, 0.15) is 30.1 Å². The van der Waals surface area contributed by atoms with Gasteiger partial charge in [-0.05, 0) is 36.0 Å². The van der Waals surface area contributed by atoms with Crippen LogP contribution in [-0.2, 0) is 6.42 Å². The van der Waals surface area contributed by atoms with Gasteiger partial charge in [-0.1, -0.05) is 22.2 Å². The molecule has 1 heterocycles. The molecule has 0 aromatic carbocycles. The van der Waals surface area contributed by atoms with Crippen molar-refractivity contribution in [3.05, 3.63) is 29.6 Å². The number of aromatic nitrogens is 1. The van der Waals surface area contributed by atoms with Crippen LogP contribution in [0.3, 0.4) is 0 Å². The molecule has 0 N–H and O–H groups in total. The van der Waals surface area contributed by atoms with Gasteiger partial charge in [-0.15, -0.1) is 17.9 Å². The molecular formula is C10H17NP4. The zero-order chi connectivity index (χ0) is 10.8. The molecule has 0 bridgehead atoms. The number of hydrogen-bond donors (Lipinski definition) is 0. The highest BCUT2D eigenvalue weighted by atomic mass is 32.6. The van der Waals surface area contributed by atoms with Gasteiger partial charge in [0, 0.05) is 18.1 Å². The third kappa shape index (κ3) is 2.58. The smallest absolute Gasteiger partial charge is 0.0309 e. The fourth-order valence-corrected chi connectivity index (χ4v) is 8.14. The van der Waals surface area contributed by atoms with Crippen LogP contribution < -0.4 is 0 Å². The van der Waals surface area contributed by atoms with Gasteiger partial charge in [0.1, 0.15) is 0 Å². The number of hydrogen-bond acceptors (Lipinski definition) is 1. The van der Waals surface area contributed by atoms with Gasteiger partial charge in [0.05, 0.1) is 0 Å². The van der Waals surface area contributed by atoms with Crippen molar-refractivity contribution in [3.8, 4) is 0 Å². The molecule has 0 saturated carbocycles. The van der Waals surface area contributed by atoms with Crippen molar-refractivity contribution >= 4 is 33.1 Å². The van der Waals surface area contributed by atoms with Crippen molar-refractivity contribution in [2.24, 2.45) is 5.92 Å². The van der Waals surface area contributed by atoms with E-state index in [-0.39, 0.29) is 7.30 Å². The molecule has 1 aliphatic rings. The Balaban J connectivity index is 2.37. The summed E-state index contributed by atoms with van der Waals surface area (Å²) in [5.74, 6) is 0.818. The first-order chi connectivity index (χ1) is 7.24. The fraction of sp³-hybridized carbons (Fsp3) is 0.500. The van der Waals surface area contributed by atoms with Gasteiger partial charge >= 0.3 is 0 Å². The normalized spacial score (nSPS) is 27.9. The highest BCUT2D eigenvalue weighted by Crippen LogP contribution is 2.76. The van der Waals surface area contributed by atoms with E-state index in [1.165, 1.54) is 24.0 Å². The Kier molecular flexibility index (Phi) is 4.50. The summed E-state index contributed by atoms with van der Waals surface area (Å²) in [6, 6.07) is 2.20. The molecule has 0 saturated heterocycles. The summed E-state index contributed by atoms with van der Waals surface area (Å²) in [6.07, 6.45) is 6.60. The van der Waals surface area contributed by atoms with Gasteiger partial charge in [-0.25, -0.2) is 0 Å². The van der Waals surface area contributed by atoms with Crippen molar-refractivity contribution in [1.82, 2.24) is 4.98 Å². The van der Waals surface area contributed by atoms with Crippen molar-refractivity contribution in [3.63, 3.8) is 0 Å². The van der Waals surface area contributed by atoms with Crippen LogP contribution in [0.2, 0.25) is 0 Å². The lowest BCUT2D eigenvalue weighted by molar-refractivity contribution is 0.488. The molecule has 5 heteroatoms. The maximum atomic E-state index is 4.30. The first-order valence-electron chi connectivity index (χ1n) is 5.17. The molecule has 2 rings (SSSR count). The number of nitrogens with zero attached hydrogens (tertiary/aromatic N) is 1. The maximum Gasteiger partial charge on any atom is 0.0309 e. The average molecular weight is 275 g/mol. The molecule has 6 atom stereocenters. The number of pyridine rings is 1. The average Bonchev–Trinajstić information content (AvgIpc) is 2.28. The van der Waals surface area contributed by atoms with E-state index < -0.39 is 0 Å². The number of rotatable bonds is 2. The van der Waals surface area contributed by atoms with E-state index in [9.17, 15) is 0 Å². The highest BCUT2D eigenvalue weighted by molar-refractivity contribution is 8.61. The fourth-order valence-electron chi connectivity index (χ4n) is 2.28. The Morgan fingerprint density at radius 1 is 1.60 bits per heavy atom. The lowest BCUT2D eigenvalue weighted by Gasteiger charge is -2.34. The summed E-state index contributed by atoms with van der Waals surface area (Å²) in [7, 11) is 7.01. The Labute approximate surface area is 99.2 Å². The Hall–Kier alpha value is 0.870. The zero-order valence-corrected chi connectivity index (χ0v) is 13.1. The van der Waals surface area contributed by atoms with Gasteiger partial charge < -0.3 is 0 Å². The van der Waals surface area contributed by atoms with E-state index in [0.717, 1.165) is 19.5 Å². The first kappa shape index (κ1) is 12.3. The minimum atomic E-state index is 0.0449. The van der Waals surface area contributed by atoms with Gasteiger partial charge in [-0.2, -0.15) is 0 Å². The van der Waals surface area contributed by atoms with Crippen molar-refractivity contribution in [2.45, 2.75) is 25.4 Å². The monoisotopic (exact) mass is 275 g/mol. The largest absolute Gasteiger partial charge is 0.264 e. The summed E-state index contributed by atoms with van der Waals surface area (Å²) in [5.41, 5.74) is 3.80. The molecule has 82 valence electrons. The van der Waals surface area contributed by atoms with Crippen LogP contribution in [-0.4, -0.2) is 4.98 Å². The maximum absolute atomic E-state index is 4.30. The molecule has 0 fully saturated rings. The van der Waals surface area contributed by atoms with Gasteiger partial charge in [0.2, 0.25) is 0 Å². The summed E-state index contributed by atoms with van der Waals surface area (Å²) in [5, 5.41) is 0. The SMILES string of the molecule is CC1CCc2ccncc2C1P(P)PP. The van der Waals surface area contributed by atoms with Crippen LogP contribution in [0, 0.1) is 5.92 Å². The Bertz CT molecular complexity index is 344. The summed E-state index contributed by atoms with van der Waals surface area (Å²) >= 11 is 0. The van der Waals surface area contributed by atoms with E-state index in [0.29, 0.717) is 0 Å². The second-order valence-corrected chi connectivity index (χ2v) is 13.6. The second kappa shape index (κ2) is 5.47. The topological polar surface area (TPSA) is 12.9 Å². The van der Waals surface area contributed by atoms with E-state index >= 15 is 0 Å². The van der Waals surface area contributed by atoms with Crippen molar-refractivity contribution in [1.29, 1.82) is 0 Å². The highest BCUT2D eigenvalue weighted by Gasteiger charge is 2.30. The summed E-state index contributed by atoms with van der Waals surface area (Å²) in [4.78, 5) is 4.30. The van der Waals surface area contributed by atoms with Gasteiger partial charge in [0.25, 0.3) is 0 Å². The summed E-state index contributed by atoms with van der Waals surface area (Å²) in [6.45, 7) is 2.39. The number of fused-ring (bicyclic) bond motifs is 1. The molecule has 1 aromatic rings. The third-order valence-electron chi connectivity index (χ3n) is 3.12. The lowest BCUT2D eigenvalue weighted by Crippen LogP contribution is -2.15. The number of aryl methyl sites for hydroxylation is 1. The van der Waals surface area contributed by atoms with Crippen LogP contribution in [0.15, 0.2) is 18.5 Å². The predicted octanol–water partition coefficient (Wildman–Crippen LogP) is 4.36. The van der Waals surface area contributed by atoms with Crippen molar-refractivity contribution in [2.75, 3.05) is 0 Å². The van der Waals surface area contributed by atoms with E-state index in [1.54, 1.807) is 0 Å². The van der Waals surface area contributed by atoms with Crippen LogP contribution >= 0.6 is 33.1 Å². The predicted molar refractivity (Wildman–Crippen MR) is 79.1 cm³/mol. The molecule has 15 heavy (non-hydrogen) atoms. The minimum Gasteiger partial charge on any atom is -0.264 e.